The van der Waals surface area contributed by atoms with E-state index in [2.05, 4.69) is 5.32 Å². The number of carbonyl (C=O) groups is 1. The summed E-state index contributed by atoms with van der Waals surface area (Å²) < 4.78 is 11.6. The van der Waals surface area contributed by atoms with Gasteiger partial charge in [0.25, 0.3) is 5.91 Å². The average Bonchev–Trinajstić information content (AvgIpc) is 2.86. The number of ether oxygens (including phenoxy) is 2. The number of anilines is 1. The van der Waals surface area contributed by atoms with Crippen LogP contribution in [-0.4, -0.2) is 5.91 Å². The average molecular weight is 432 g/mol. The first-order valence-corrected chi connectivity index (χ1v) is 10.3. The van der Waals surface area contributed by atoms with Gasteiger partial charge in [0.1, 0.15) is 28.9 Å². The van der Waals surface area contributed by atoms with Crippen LogP contribution in [0.25, 0.3) is 6.08 Å². The SMILES string of the molecule is N#C/C(=C/c1ccc(Oc2ccccc2)cc1)C(=O)Nc1ccccc1Oc1ccccc1. The Labute approximate surface area is 192 Å². The largest absolute Gasteiger partial charge is 0.457 e. The second kappa shape index (κ2) is 10.5. The maximum absolute atomic E-state index is 12.8. The summed E-state index contributed by atoms with van der Waals surface area (Å²) in [7, 11) is 0. The number of hydrogen-bond donors (Lipinski definition) is 1. The van der Waals surface area contributed by atoms with Crippen molar-refractivity contribution in [2.24, 2.45) is 0 Å². The summed E-state index contributed by atoms with van der Waals surface area (Å²) in [6.45, 7) is 0. The minimum absolute atomic E-state index is 0.0266. The number of benzene rings is 4. The molecule has 0 fully saturated rings. The number of nitrogens with one attached hydrogen (secondary N) is 1. The first-order valence-electron chi connectivity index (χ1n) is 10.3. The van der Waals surface area contributed by atoms with E-state index in [-0.39, 0.29) is 5.57 Å². The van der Waals surface area contributed by atoms with Gasteiger partial charge in [0.05, 0.1) is 5.69 Å². The van der Waals surface area contributed by atoms with Crippen LogP contribution in [0, 0.1) is 11.3 Å². The summed E-state index contributed by atoms with van der Waals surface area (Å²) >= 11 is 0. The molecule has 0 saturated carbocycles. The van der Waals surface area contributed by atoms with Crippen molar-refractivity contribution < 1.29 is 14.3 Å². The molecule has 0 bridgehead atoms. The van der Waals surface area contributed by atoms with E-state index in [0.29, 0.717) is 28.5 Å². The number of hydrogen-bond acceptors (Lipinski definition) is 4. The van der Waals surface area contributed by atoms with E-state index in [1.165, 1.54) is 6.08 Å². The van der Waals surface area contributed by atoms with Gasteiger partial charge in [-0.15, -0.1) is 0 Å². The fourth-order valence-corrected chi connectivity index (χ4v) is 3.04. The second-order valence-electron chi connectivity index (χ2n) is 7.02. The molecule has 0 aliphatic heterocycles. The Bertz CT molecular complexity index is 1290. The fourth-order valence-electron chi connectivity index (χ4n) is 3.04. The molecule has 4 rings (SSSR count). The molecular weight excluding hydrogens is 412 g/mol. The van der Waals surface area contributed by atoms with Gasteiger partial charge in [0, 0.05) is 0 Å². The molecule has 33 heavy (non-hydrogen) atoms. The Morgan fingerprint density at radius 2 is 1.24 bits per heavy atom. The summed E-state index contributed by atoms with van der Waals surface area (Å²) in [6, 6.07) is 34.9. The number of carbonyl (C=O) groups excluding carboxylic acids is 1. The zero-order chi connectivity index (χ0) is 22.9. The molecule has 160 valence electrons. The Morgan fingerprint density at radius 1 is 0.697 bits per heavy atom. The van der Waals surface area contributed by atoms with Gasteiger partial charge < -0.3 is 14.8 Å². The highest BCUT2D eigenvalue weighted by molar-refractivity contribution is 6.10. The molecule has 0 radical (unpaired) electrons. The fraction of sp³-hybridized carbons (Fsp3) is 0. The van der Waals surface area contributed by atoms with Crippen molar-refractivity contribution in [3.63, 3.8) is 0 Å². The van der Waals surface area contributed by atoms with E-state index in [1.54, 1.807) is 42.5 Å². The van der Waals surface area contributed by atoms with Gasteiger partial charge in [-0.3, -0.25) is 4.79 Å². The Balaban J connectivity index is 1.47. The highest BCUT2D eigenvalue weighted by Gasteiger charge is 2.13. The molecule has 5 nitrogen and oxygen atoms in total. The van der Waals surface area contributed by atoms with Crippen LogP contribution in [0.3, 0.4) is 0 Å². The van der Waals surface area contributed by atoms with Gasteiger partial charge in [-0.1, -0.05) is 60.7 Å². The Morgan fingerprint density at radius 3 is 1.88 bits per heavy atom. The lowest BCUT2D eigenvalue weighted by molar-refractivity contribution is -0.112. The molecule has 1 N–H and O–H groups in total. The van der Waals surface area contributed by atoms with Crippen molar-refractivity contribution >= 4 is 17.7 Å². The normalized spacial score (nSPS) is 10.7. The number of amides is 1. The first kappa shape index (κ1) is 21.4. The Kier molecular flexibility index (Phi) is 6.79. The second-order valence-corrected chi connectivity index (χ2v) is 7.02. The monoisotopic (exact) mass is 432 g/mol. The van der Waals surface area contributed by atoms with Crippen LogP contribution in [0.4, 0.5) is 5.69 Å². The van der Waals surface area contributed by atoms with Crippen LogP contribution < -0.4 is 14.8 Å². The van der Waals surface area contributed by atoms with E-state index < -0.39 is 5.91 Å². The van der Waals surface area contributed by atoms with E-state index in [0.717, 1.165) is 5.75 Å². The maximum Gasteiger partial charge on any atom is 0.266 e. The lowest BCUT2D eigenvalue weighted by Crippen LogP contribution is -2.14. The number of nitriles is 1. The maximum atomic E-state index is 12.8. The van der Waals surface area contributed by atoms with Crippen LogP contribution in [0.1, 0.15) is 5.56 Å². The van der Waals surface area contributed by atoms with Crippen molar-refractivity contribution in [3.05, 3.63) is 120 Å². The molecule has 1 amide bonds. The molecule has 0 spiro atoms. The molecule has 0 atom stereocenters. The van der Waals surface area contributed by atoms with Crippen molar-refractivity contribution in [2.75, 3.05) is 5.32 Å². The quantitative estimate of drug-likeness (QED) is 0.257. The zero-order valence-corrected chi connectivity index (χ0v) is 17.6. The predicted molar refractivity (Wildman–Crippen MR) is 128 cm³/mol. The van der Waals surface area contributed by atoms with Crippen molar-refractivity contribution in [1.29, 1.82) is 5.26 Å². The van der Waals surface area contributed by atoms with Crippen LogP contribution >= 0.6 is 0 Å². The van der Waals surface area contributed by atoms with Gasteiger partial charge in [-0.2, -0.15) is 5.26 Å². The minimum Gasteiger partial charge on any atom is -0.457 e. The van der Waals surface area contributed by atoms with Gasteiger partial charge in [0.15, 0.2) is 5.75 Å². The lowest BCUT2D eigenvalue weighted by Gasteiger charge is -2.12. The number of para-hydroxylation sites is 4. The molecule has 0 saturated heterocycles. The standard InChI is InChI=1S/C28H20N2O3/c29-20-22(19-21-15-17-25(18-16-21)32-23-9-3-1-4-10-23)28(31)30-26-13-7-8-14-27(26)33-24-11-5-2-6-12-24/h1-19H,(H,30,31)/b22-19-. The van der Waals surface area contributed by atoms with Crippen LogP contribution in [-0.2, 0) is 4.79 Å². The molecule has 5 heteroatoms. The van der Waals surface area contributed by atoms with Crippen LogP contribution in [0.5, 0.6) is 23.0 Å². The molecular formula is C28H20N2O3. The number of rotatable bonds is 7. The third-order valence-corrected chi connectivity index (χ3v) is 4.64. The zero-order valence-electron chi connectivity index (χ0n) is 17.6. The summed E-state index contributed by atoms with van der Waals surface area (Å²) in [4.78, 5) is 12.8. The summed E-state index contributed by atoms with van der Waals surface area (Å²) in [5, 5.41) is 12.3. The first-order chi connectivity index (χ1) is 16.2. The van der Waals surface area contributed by atoms with Gasteiger partial charge in [-0.05, 0) is 60.2 Å². The van der Waals surface area contributed by atoms with E-state index in [4.69, 9.17) is 9.47 Å². The lowest BCUT2D eigenvalue weighted by atomic mass is 10.1. The van der Waals surface area contributed by atoms with Gasteiger partial charge in [-0.25, -0.2) is 0 Å². The van der Waals surface area contributed by atoms with Crippen LogP contribution in [0.2, 0.25) is 0 Å². The molecule has 0 aromatic heterocycles. The Hall–Kier alpha value is -4.82. The van der Waals surface area contributed by atoms with Crippen molar-refractivity contribution in [3.8, 4) is 29.1 Å². The van der Waals surface area contributed by atoms with Gasteiger partial charge in [0.2, 0.25) is 0 Å². The van der Waals surface area contributed by atoms with E-state index in [1.807, 2.05) is 72.8 Å². The molecule has 0 unspecified atom stereocenters. The third kappa shape index (κ3) is 5.87. The molecule has 4 aromatic carbocycles. The van der Waals surface area contributed by atoms with Crippen LogP contribution in [0.15, 0.2) is 115 Å². The van der Waals surface area contributed by atoms with Crippen molar-refractivity contribution in [1.82, 2.24) is 0 Å². The highest BCUT2D eigenvalue weighted by Crippen LogP contribution is 2.29. The van der Waals surface area contributed by atoms with Gasteiger partial charge >= 0.3 is 0 Å². The summed E-state index contributed by atoms with van der Waals surface area (Å²) in [5.74, 6) is 2.00. The summed E-state index contributed by atoms with van der Waals surface area (Å²) in [5.41, 5.74) is 1.15. The minimum atomic E-state index is -0.522. The molecule has 0 aliphatic rings. The predicted octanol–water partition coefficient (Wildman–Crippen LogP) is 6.82. The number of nitrogens with zero attached hydrogens (tertiary/aromatic N) is 1. The molecule has 0 heterocycles. The smallest absolute Gasteiger partial charge is 0.266 e. The molecule has 0 aliphatic carbocycles. The van der Waals surface area contributed by atoms with E-state index >= 15 is 0 Å². The van der Waals surface area contributed by atoms with Crippen molar-refractivity contribution in [2.45, 2.75) is 0 Å². The highest BCUT2D eigenvalue weighted by atomic mass is 16.5. The van der Waals surface area contributed by atoms with E-state index in [9.17, 15) is 10.1 Å². The summed E-state index contributed by atoms with van der Waals surface area (Å²) in [6.07, 6.45) is 1.53. The third-order valence-electron chi connectivity index (χ3n) is 4.64. The topological polar surface area (TPSA) is 71.3 Å². The molecule has 4 aromatic rings.